The van der Waals surface area contributed by atoms with Crippen LogP contribution in [0.15, 0.2) is 60.9 Å². The molecule has 1 amide bonds. The zero-order valence-corrected chi connectivity index (χ0v) is 17.7. The quantitative estimate of drug-likeness (QED) is 0.648. The number of nitrogens with zero attached hydrogens (tertiary/aromatic N) is 4. The molecule has 0 bridgehead atoms. The van der Waals surface area contributed by atoms with Gasteiger partial charge in [-0.05, 0) is 49.9 Å². The number of fused-ring (bicyclic) bond motifs is 1. The Morgan fingerprint density at radius 1 is 0.871 bits per heavy atom. The zero-order valence-electron chi connectivity index (χ0n) is 17.7. The Morgan fingerprint density at radius 2 is 1.61 bits per heavy atom. The number of piperidine rings is 2. The maximum Gasteiger partial charge on any atom is 0.272 e. The molecule has 2 saturated heterocycles. The van der Waals surface area contributed by atoms with E-state index < -0.39 is 0 Å². The zero-order chi connectivity index (χ0) is 21.0. The Labute approximate surface area is 182 Å². The molecule has 1 aromatic carbocycles. The molecule has 2 aliphatic rings. The van der Waals surface area contributed by atoms with Crippen molar-refractivity contribution in [2.75, 3.05) is 26.2 Å². The van der Waals surface area contributed by atoms with Gasteiger partial charge in [-0.1, -0.05) is 24.3 Å². The van der Waals surface area contributed by atoms with Gasteiger partial charge in [-0.3, -0.25) is 14.7 Å². The van der Waals surface area contributed by atoms with Gasteiger partial charge >= 0.3 is 0 Å². The van der Waals surface area contributed by atoms with E-state index in [-0.39, 0.29) is 12.0 Å². The van der Waals surface area contributed by atoms with Crippen LogP contribution in [0.3, 0.4) is 0 Å². The van der Waals surface area contributed by atoms with Crippen molar-refractivity contribution in [2.24, 2.45) is 0 Å². The summed E-state index contributed by atoms with van der Waals surface area (Å²) in [5.41, 5.74) is 1.42. The molecular weight excluding hydrogens is 388 g/mol. The standard InChI is InChI=1S/C25H28N4O2/c30-25(24-6-5-19-3-1-2-4-23(19)27-24)29-15-9-20(10-16-29)28-17-11-22(12-18-28)31-21-7-13-26-14-8-21/h1-8,13-14,20,22H,9-12,15-18H2. The number of aromatic nitrogens is 2. The molecule has 5 rings (SSSR count). The molecule has 6 nitrogen and oxygen atoms in total. The van der Waals surface area contributed by atoms with Gasteiger partial charge in [0.15, 0.2) is 0 Å². The van der Waals surface area contributed by atoms with Crippen molar-refractivity contribution < 1.29 is 9.53 Å². The van der Waals surface area contributed by atoms with Crippen molar-refractivity contribution in [1.29, 1.82) is 0 Å². The molecule has 0 spiro atoms. The molecule has 0 aliphatic carbocycles. The molecule has 4 heterocycles. The van der Waals surface area contributed by atoms with Gasteiger partial charge in [0, 0.05) is 50.0 Å². The summed E-state index contributed by atoms with van der Waals surface area (Å²) in [6.07, 6.45) is 7.95. The number of rotatable bonds is 4. The van der Waals surface area contributed by atoms with E-state index in [9.17, 15) is 4.79 Å². The SMILES string of the molecule is O=C(c1ccc2ccccc2n1)N1CCC(N2CCC(Oc3ccncc3)CC2)CC1. The van der Waals surface area contributed by atoms with Crippen LogP contribution >= 0.6 is 0 Å². The summed E-state index contributed by atoms with van der Waals surface area (Å²) < 4.78 is 6.09. The van der Waals surface area contributed by atoms with Crippen LogP contribution in [-0.2, 0) is 0 Å². The summed E-state index contributed by atoms with van der Waals surface area (Å²) in [5, 5.41) is 1.06. The monoisotopic (exact) mass is 416 g/mol. The smallest absolute Gasteiger partial charge is 0.272 e. The highest BCUT2D eigenvalue weighted by Crippen LogP contribution is 2.24. The van der Waals surface area contributed by atoms with E-state index in [4.69, 9.17) is 4.74 Å². The predicted molar refractivity (Wildman–Crippen MR) is 120 cm³/mol. The number of amides is 1. The highest BCUT2D eigenvalue weighted by Gasteiger charge is 2.30. The lowest BCUT2D eigenvalue weighted by Gasteiger charge is -2.41. The van der Waals surface area contributed by atoms with Crippen molar-refractivity contribution in [3.05, 3.63) is 66.6 Å². The van der Waals surface area contributed by atoms with E-state index in [1.54, 1.807) is 12.4 Å². The molecule has 0 unspecified atom stereocenters. The fourth-order valence-corrected chi connectivity index (χ4v) is 4.75. The molecule has 0 N–H and O–H groups in total. The summed E-state index contributed by atoms with van der Waals surface area (Å²) in [6.45, 7) is 3.71. The first-order valence-corrected chi connectivity index (χ1v) is 11.2. The van der Waals surface area contributed by atoms with Gasteiger partial charge < -0.3 is 9.64 Å². The Morgan fingerprint density at radius 3 is 2.39 bits per heavy atom. The molecule has 3 aromatic rings. The van der Waals surface area contributed by atoms with E-state index in [2.05, 4.69) is 14.9 Å². The Balaban J connectivity index is 1.12. The van der Waals surface area contributed by atoms with Crippen LogP contribution < -0.4 is 4.74 Å². The number of hydrogen-bond donors (Lipinski definition) is 0. The molecule has 2 aliphatic heterocycles. The first kappa shape index (κ1) is 19.9. The third kappa shape index (κ3) is 4.54. The van der Waals surface area contributed by atoms with Crippen molar-refractivity contribution in [1.82, 2.24) is 19.8 Å². The molecule has 160 valence electrons. The number of benzene rings is 1. The molecule has 0 radical (unpaired) electrons. The highest BCUT2D eigenvalue weighted by molar-refractivity contribution is 5.95. The predicted octanol–water partition coefficient (Wildman–Crippen LogP) is 3.78. The third-order valence-corrected chi connectivity index (χ3v) is 6.51. The van der Waals surface area contributed by atoms with Gasteiger partial charge in [0.05, 0.1) is 5.52 Å². The van der Waals surface area contributed by atoms with Crippen LogP contribution in [0.1, 0.15) is 36.2 Å². The van der Waals surface area contributed by atoms with Gasteiger partial charge in [0.2, 0.25) is 0 Å². The van der Waals surface area contributed by atoms with Crippen molar-refractivity contribution in [3.63, 3.8) is 0 Å². The first-order chi connectivity index (χ1) is 15.3. The molecule has 0 saturated carbocycles. The number of carbonyl (C=O) groups is 1. The number of hydrogen-bond acceptors (Lipinski definition) is 5. The van der Waals surface area contributed by atoms with E-state index in [0.717, 1.165) is 68.5 Å². The van der Waals surface area contributed by atoms with Gasteiger partial charge in [0.25, 0.3) is 5.91 Å². The number of pyridine rings is 2. The second kappa shape index (κ2) is 9.02. The topological polar surface area (TPSA) is 58.6 Å². The molecule has 2 aromatic heterocycles. The van der Waals surface area contributed by atoms with E-state index in [0.29, 0.717) is 11.7 Å². The lowest BCUT2D eigenvalue weighted by atomic mass is 9.98. The number of para-hydroxylation sites is 1. The summed E-state index contributed by atoms with van der Waals surface area (Å²) >= 11 is 0. The van der Waals surface area contributed by atoms with Crippen LogP contribution in [0.25, 0.3) is 10.9 Å². The molecule has 31 heavy (non-hydrogen) atoms. The van der Waals surface area contributed by atoms with Crippen LogP contribution in [0.4, 0.5) is 0 Å². The number of likely N-dealkylation sites (tertiary alicyclic amines) is 2. The second-order valence-corrected chi connectivity index (χ2v) is 8.45. The average Bonchev–Trinajstić information content (AvgIpc) is 2.84. The van der Waals surface area contributed by atoms with E-state index >= 15 is 0 Å². The summed E-state index contributed by atoms with van der Waals surface area (Å²) in [5.74, 6) is 0.955. The second-order valence-electron chi connectivity index (χ2n) is 8.45. The van der Waals surface area contributed by atoms with Crippen LogP contribution in [0.5, 0.6) is 5.75 Å². The van der Waals surface area contributed by atoms with Crippen molar-refractivity contribution in [2.45, 2.75) is 37.8 Å². The first-order valence-electron chi connectivity index (χ1n) is 11.2. The van der Waals surface area contributed by atoms with Gasteiger partial charge in [-0.25, -0.2) is 4.98 Å². The minimum absolute atomic E-state index is 0.0497. The van der Waals surface area contributed by atoms with Gasteiger partial charge in [-0.2, -0.15) is 0 Å². The Kier molecular flexibility index (Phi) is 5.80. The summed E-state index contributed by atoms with van der Waals surface area (Å²) in [4.78, 5) is 26.1. The third-order valence-electron chi connectivity index (χ3n) is 6.51. The van der Waals surface area contributed by atoms with Gasteiger partial charge in [-0.15, -0.1) is 0 Å². The normalized spacial score (nSPS) is 18.9. The number of ether oxygens (including phenoxy) is 1. The average molecular weight is 417 g/mol. The maximum absolute atomic E-state index is 13.0. The lowest BCUT2D eigenvalue weighted by Crippen LogP contribution is -2.50. The van der Waals surface area contributed by atoms with Crippen molar-refractivity contribution >= 4 is 16.8 Å². The number of carbonyl (C=O) groups excluding carboxylic acids is 1. The lowest BCUT2D eigenvalue weighted by molar-refractivity contribution is 0.0423. The largest absolute Gasteiger partial charge is 0.490 e. The minimum Gasteiger partial charge on any atom is -0.490 e. The minimum atomic E-state index is 0.0497. The maximum atomic E-state index is 13.0. The highest BCUT2D eigenvalue weighted by atomic mass is 16.5. The summed E-state index contributed by atoms with van der Waals surface area (Å²) in [6, 6.07) is 16.2. The van der Waals surface area contributed by atoms with Crippen LogP contribution in [0.2, 0.25) is 0 Å². The van der Waals surface area contributed by atoms with Crippen LogP contribution in [-0.4, -0.2) is 64.0 Å². The van der Waals surface area contributed by atoms with E-state index in [1.807, 2.05) is 53.4 Å². The summed E-state index contributed by atoms with van der Waals surface area (Å²) in [7, 11) is 0. The van der Waals surface area contributed by atoms with Gasteiger partial charge in [0.1, 0.15) is 17.5 Å². The molecule has 2 fully saturated rings. The Hall–Kier alpha value is -2.99. The fraction of sp³-hybridized carbons (Fsp3) is 0.400. The van der Waals surface area contributed by atoms with E-state index in [1.165, 1.54) is 0 Å². The Bertz CT molecular complexity index is 1030. The van der Waals surface area contributed by atoms with Crippen LogP contribution in [0, 0.1) is 0 Å². The van der Waals surface area contributed by atoms with Crippen molar-refractivity contribution in [3.8, 4) is 5.75 Å². The fourth-order valence-electron chi connectivity index (χ4n) is 4.75. The molecular formula is C25H28N4O2. The molecule has 6 heteroatoms. The molecule has 0 atom stereocenters.